The summed E-state index contributed by atoms with van der Waals surface area (Å²) < 4.78 is 0.917. The van der Waals surface area contributed by atoms with Crippen LogP contribution in [0.4, 0.5) is 5.82 Å². The molecule has 0 bridgehead atoms. The lowest BCUT2D eigenvalue weighted by atomic mass is 10.2. The van der Waals surface area contributed by atoms with Crippen molar-refractivity contribution in [1.29, 1.82) is 0 Å². The molecule has 0 unspecified atom stereocenters. The van der Waals surface area contributed by atoms with E-state index < -0.39 is 0 Å². The number of hydrogen-bond donors (Lipinski definition) is 1. The second-order valence-electron chi connectivity index (χ2n) is 4.08. The van der Waals surface area contributed by atoms with Crippen LogP contribution in [-0.2, 0) is 4.79 Å². The van der Waals surface area contributed by atoms with Crippen molar-refractivity contribution in [1.82, 2.24) is 4.98 Å². The Bertz CT molecular complexity index is 351. The highest BCUT2D eigenvalue weighted by molar-refractivity contribution is 9.10. The van der Waals surface area contributed by atoms with Crippen molar-refractivity contribution in [2.75, 3.05) is 18.0 Å². The van der Waals surface area contributed by atoms with E-state index in [2.05, 4.69) is 34.8 Å². The average molecular weight is 286 g/mol. The molecule has 1 amide bonds. The first-order valence-electron chi connectivity index (χ1n) is 5.14. The molecule has 0 atom stereocenters. The molecule has 1 rings (SSSR count). The number of pyridine rings is 1. The normalized spacial score (nSPS) is 10.5. The minimum Gasteiger partial charge on any atom is -0.368 e. The molecule has 0 saturated heterocycles. The Morgan fingerprint density at radius 3 is 2.69 bits per heavy atom. The van der Waals surface area contributed by atoms with Crippen molar-refractivity contribution in [3.8, 4) is 0 Å². The molecule has 0 aromatic carbocycles. The number of hydrogen-bond acceptors (Lipinski definition) is 3. The summed E-state index contributed by atoms with van der Waals surface area (Å²) in [5.41, 5.74) is 5.22. The van der Waals surface area contributed by atoms with Crippen LogP contribution in [0.3, 0.4) is 0 Å². The fourth-order valence-electron chi connectivity index (χ4n) is 1.42. The SMILES string of the molecule is CC(C)CN(CC(N)=O)c1ccc(Br)cn1. The summed E-state index contributed by atoms with van der Waals surface area (Å²) in [6.45, 7) is 5.14. The van der Waals surface area contributed by atoms with E-state index in [9.17, 15) is 4.79 Å². The van der Waals surface area contributed by atoms with Gasteiger partial charge in [-0.25, -0.2) is 4.98 Å². The van der Waals surface area contributed by atoms with Crippen LogP contribution in [-0.4, -0.2) is 24.0 Å². The molecule has 0 fully saturated rings. The maximum Gasteiger partial charge on any atom is 0.236 e. The third kappa shape index (κ3) is 4.18. The number of halogens is 1. The van der Waals surface area contributed by atoms with Crippen LogP contribution in [0.2, 0.25) is 0 Å². The molecule has 1 aromatic heterocycles. The van der Waals surface area contributed by atoms with Crippen molar-refractivity contribution in [2.24, 2.45) is 11.7 Å². The minimum absolute atomic E-state index is 0.201. The molecule has 1 aromatic rings. The number of nitrogens with zero attached hydrogens (tertiary/aromatic N) is 2. The quantitative estimate of drug-likeness (QED) is 0.897. The van der Waals surface area contributed by atoms with Crippen LogP contribution in [0.25, 0.3) is 0 Å². The third-order valence-corrected chi connectivity index (χ3v) is 2.44. The van der Waals surface area contributed by atoms with Crippen LogP contribution in [0, 0.1) is 5.92 Å². The maximum absolute atomic E-state index is 11.0. The predicted octanol–water partition coefficient (Wildman–Crippen LogP) is 1.79. The number of carbonyl (C=O) groups is 1. The largest absolute Gasteiger partial charge is 0.368 e. The van der Waals surface area contributed by atoms with Crippen LogP contribution in [0.15, 0.2) is 22.8 Å². The summed E-state index contributed by atoms with van der Waals surface area (Å²) in [7, 11) is 0. The highest BCUT2D eigenvalue weighted by atomic mass is 79.9. The zero-order valence-electron chi connectivity index (χ0n) is 9.48. The van der Waals surface area contributed by atoms with Gasteiger partial charge in [-0.3, -0.25) is 4.79 Å². The van der Waals surface area contributed by atoms with E-state index in [-0.39, 0.29) is 12.5 Å². The van der Waals surface area contributed by atoms with Gasteiger partial charge in [-0.05, 0) is 34.0 Å². The monoisotopic (exact) mass is 285 g/mol. The topological polar surface area (TPSA) is 59.2 Å². The van der Waals surface area contributed by atoms with Gasteiger partial charge in [0.2, 0.25) is 5.91 Å². The highest BCUT2D eigenvalue weighted by Crippen LogP contribution is 2.15. The van der Waals surface area contributed by atoms with Gasteiger partial charge < -0.3 is 10.6 Å². The number of carbonyl (C=O) groups excluding carboxylic acids is 1. The molecule has 16 heavy (non-hydrogen) atoms. The summed E-state index contributed by atoms with van der Waals surface area (Å²) >= 11 is 3.32. The van der Waals surface area contributed by atoms with E-state index in [1.54, 1.807) is 6.20 Å². The van der Waals surface area contributed by atoms with E-state index in [1.807, 2.05) is 17.0 Å². The Kier molecular flexibility index (Phi) is 4.73. The fraction of sp³-hybridized carbons (Fsp3) is 0.455. The Balaban J connectivity index is 2.82. The summed E-state index contributed by atoms with van der Waals surface area (Å²) in [5, 5.41) is 0. The molecule has 0 saturated carbocycles. The number of primary amides is 1. The van der Waals surface area contributed by atoms with Crippen molar-refractivity contribution >= 4 is 27.7 Å². The Labute approximate surface area is 104 Å². The first-order valence-corrected chi connectivity index (χ1v) is 5.93. The Morgan fingerprint density at radius 1 is 1.56 bits per heavy atom. The van der Waals surface area contributed by atoms with Gasteiger partial charge in [-0.1, -0.05) is 13.8 Å². The number of rotatable bonds is 5. The lowest BCUT2D eigenvalue weighted by Gasteiger charge is -2.24. The van der Waals surface area contributed by atoms with Gasteiger partial charge >= 0.3 is 0 Å². The van der Waals surface area contributed by atoms with Crippen molar-refractivity contribution in [2.45, 2.75) is 13.8 Å². The predicted molar refractivity (Wildman–Crippen MR) is 68.2 cm³/mol. The van der Waals surface area contributed by atoms with Crippen LogP contribution in [0.5, 0.6) is 0 Å². The zero-order valence-corrected chi connectivity index (χ0v) is 11.1. The molecule has 88 valence electrons. The van der Waals surface area contributed by atoms with Crippen molar-refractivity contribution < 1.29 is 4.79 Å². The fourth-order valence-corrected chi connectivity index (χ4v) is 1.66. The molecule has 4 nitrogen and oxygen atoms in total. The maximum atomic E-state index is 11.0. The highest BCUT2D eigenvalue weighted by Gasteiger charge is 2.12. The number of aromatic nitrogens is 1. The first-order chi connectivity index (χ1) is 7.49. The van der Waals surface area contributed by atoms with E-state index in [1.165, 1.54) is 0 Å². The van der Waals surface area contributed by atoms with E-state index in [0.29, 0.717) is 5.92 Å². The third-order valence-electron chi connectivity index (χ3n) is 1.97. The first kappa shape index (κ1) is 13.0. The minimum atomic E-state index is -0.342. The molecule has 0 spiro atoms. The molecule has 0 radical (unpaired) electrons. The Morgan fingerprint density at radius 2 is 2.25 bits per heavy atom. The second kappa shape index (κ2) is 5.84. The summed E-state index contributed by atoms with van der Waals surface area (Å²) in [5.74, 6) is 0.880. The second-order valence-corrected chi connectivity index (χ2v) is 4.99. The summed E-state index contributed by atoms with van der Waals surface area (Å²) in [4.78, 5) is 17.1. The smallest absolute Gasteiger partial charge is 0.236 e. The van der Waals surface area contributed by atoms with Crippen molar-refractivity contribution in [3.05, 3.63) is 22.8 Å². The number of nitrogens with two attached hydrogens (primary N) is 1. The Hall–Kier alpha value is -1.10. The average Bonchev–Trinajstić information content (AvgIpc) is 2.16. The van der Waals surface area contributed by atoms with Gasteiger partial charge in [-0.2, -0.15) is 0 Å². The van der Waals surface area contributed by atoms with E-state index in [4.69, 9.17) is 5.73 Å². The molecular weight excluding hydrogens is 270 g/mol. The molecule has 5 heteroatoms. The lowest BCUT2D eigenvalue weighted by molar-refractivity contribution is -0.116. The zero-order chi connectivity index (χ0) is 12.1. The van der Waals surface area contributed by atoms with Crippen LogP contribution in [0.1, 0.15) is 13.8 Å². The summed E-state index contributed by atoms with van der Waals surface area (Å²) in [6, 6.07) is 3.77. The van der Waals surface area contributed by atoms with Gasteiger partial charge in [0.15, 0.2) is 0 Å². The molecule has 0 aliphatic rings. The molecule has 1 heterocycles. The number of anilines is 1. The van der Waals surface area contributed by atoms with E-state index in [0.717, 1.165) is 16.8 Å². The van der Waals surface area contributed by atoms with Crippen LogP contribution < -0.4 is 10.6 Å². The summed E-state index contributed by atoms with van der Waals surface area (Å²) in [6.07, 6.45) is 1.71. The van der Waals surface area contributed by atoms with Crippen LogP contribution >= 0.6 is 15.9 Å². The number of amides is 1. The van der Waals surface area contributed by atoms with Gasteiger partial charge in [-0.15, -0.1) is 0 Å². The van der Waals surface area contributed by atoms with Gasteiger partial charge in [0, 0.05) is 17.2 Å². The van der Waals surface area contributed by atoms with E-state index >= 15 is 0 Å². The van der Waals surface area contributed by atoms with Gasteiger partial charge in [0.25, 0.3) is 0 Å². The standard InChI is InChI=1S/C11H16BrN3O/c1-8(2)6-15(7-10(13)16)11-4-3-9(12)5-14-11/h3-5,8H,6-7H2,1-2H3,(H2,13,16). The molecular formula is C11H16BrN3O. The molecule has 0 aliphatic heterocycles. The molecule has 0 aliphatic carbocycles. The van der Waals surface area contributed by atoms with Gasteiger partial charge in [0.1, 0.15) is 5.82 Å². The van der Waals surface area contributed by atoms with Gasteiger partial charge in [0.05, 0.1) is 6.54 Å². The molecule has 2 N–H and O–H groups in total. The van der Waals surface area contributed by atoms with Crippen molar-refractivity contribution in [3.63, 3.8) is 0 Å². The lowest BCUT2D eigenvalue weighted by Crippen LogP contribution is -2.36.